The molecule has 31 heavy (non-hydrogen) atoms. The second-order valence-corrected chi connectivity index (χ2v) is 7.34. The third-order valence-corrected chi connectivity index (χ3v) is 5.12. The lowest BCUT2D eigenvalue weighted by Gasteiger charge is -2.14. The van der Waals surface area contributed by atoms with E-state index < -0.39 is 0 Å². The molecule has 2 heterocycles. The number of hydrogen-bond donors (Lipinski definition) is 1. The summed E-state index contributed by atoms with van der Waals surface area (Å²) in [6.45, 7) is 2.37. The van der Waals surface area contributed by atoms with Crippen LogP contribution in [0.1, 0.15) is 12.5 Å². The Morgan fingerprint density at radius 2 is 1.90 bits per heavy atom. The van der Waals surface area contributed by atoms with E-state index in [-0.39, 0.29) is 5.56 Å². The largest absolute Gasteiger partial charge is 0.478 e. The van der Waals surface area contributed by atoms with Gasteiger partial charge in [-0.3, -0.25) is 14.4 Å². The molecule has 156 valence electrons. The van der Waals surface area contributed by atoms with Gasteiger partial charge in [0, 0.05) is 46.6 Å². The number of rotatable bonds is 5. The van der Waals surface area contributed by atoms with Crippen LogP contribution in [0.3, 0.4) is 0 Å². The van der Waals surface area contributed by atoms with Gasteiger partial charge >= 0.3 is 0 Å². The lowest BCUT2D eigenvalue weighted by Crippen LogP contribution is -2.21. The molecule has 0 amide bonds. The van der Waals surface area contributed by atoms with Crippen LogP contribution in [0.5, 0.6) is 5.88 Å². The van der Waals surface area contributed by atoms with E-state index in [2.05, 4.69) is 9.98 Å². The van der Waals surface area contributed by atoms with Crippen molar-refractivity contribution in [2.75, 3.05) is 19.4 Å². The summed E-state index contributed by atoms with van der Waals surface area (Å²) in [5, 5.41) is 1.39. The van der Waals surface area contributed by atoms with E-state index in [1.807, 2.05) is 31.2 Å². The Kier molecular flexibility index (Phi) is 5.73. The van der Waals surface area contributed by atoms with Crippen molar-refractivity contribution in [2.24, 2.45) is 4.99 Å². The van der Waals surface area contributed by atoms with Crippen molar-refractivity contribution >= 4 is 34.5 Å². The molecule has 0 saturated heterocycles. The number of fused-ring (bicyclic) bond motifs is 1. The lowest BCUT2D eigenvalue weighted by molar-refractivity contribution is 0.328. The molecule has 0 atom stereocenters. The molecule has 2 aromatic heterocycles. The molecule has 0 spiro atoms. The van der Waals surface area contributed by atoms with Crippen molar-refractivity contribution in [1.29, 1.82) is 0 Å². The van der Waals surface area contributed by atoms with Crippen LogP contribution < -0.4 is 16.0 Å². The zero-order valence-electron chi connectivity index (χ0n) is 17.2. The zero-order chi connectivity index (χ0) is 22.0. The molecule has 0 saturated carbocycles. The van der Waals surface area contributed by atoms with Crippen LogP contribution in [0.2, 0.25) is 5.02 Å². The Hall–Kier alpha value is -3.64. The highest BCUT2D eigenvalue weighted by Gasteiger charge is 2.15. The van der Waals surface area contributed by atoms with Gasteiger partial charge in [-0.15, -0.1) is 0 Å². The van der Waals surface area contributed by atoms with Gasteiger partial charge in [-0.05, 0) is 61.0 Å². The molecular formula is C24H21ClN4O2. The maximum atomic E-state index is 13.7. The number of benzene rings is 2. The molecule has 2 aromatic carbocycles. The van der Waals surface area contributed by atoms with Gasteiger partial charge in [0.1, 0.15) is 0 Å². The van der Waals surface area contributed by atoms with Gasteiger partial charge < -0.3 is 10.5 Å². The highest BCUT2D eigenvalue weighted by molar-refractivity contribution is 6.30. The first-order valence-electron chi connectivity index (χ1n) is 9.79. The molecule has 2 N–H and O–H groups in total. The maximum absolute atomic E-state index is 13.7. The molecule has 0 aliphatic rings. The summed E-state index contributed by atoms with van der Waals surface area (Å²) in [6.07, 6.45) is 1.67. The van der Waals surface area contributed by atoms with Crippen LogP contribution in [0.4, 0.5) is 5.69 Å². The lowest BCUT2D eigenvalue weighted by atomic mass is 10.0. The highest BCUT2D eigenvalue weighted by atomic mass is 35.5. The van der Waals surface area contributed by atoms with Crippen LogP contribution in [-0.4, -0.2) is 29.4 Å². The molecule has 6 nitrogen and oxygen atoms in total. The average molecular weight is 433 g/mol. The Balaban J connectivity index is 2.03. The molecule has 0 fully saturated rings. The number of aliphatic imine (C=N–C) groups is 1. The van der Waals surface area contributed by atoms with Gasteiger partial charge in [0.15, 0.2) is 5.65 Å². The third kappa shape index (κ3) is 4.02. The van der Waals surface area contributed by atoms with Crippen molar-refractivity contribution in [3.8, 4) is 22.7 Å². The Labute approximate surface area is 184 Å². The fraction of sp³-hybridized carbons (Fsp3) is 0.125. The number of halogens is 1. The fourth-order valence-electron chi connectivity index (χ4n) is 3.43. The smallest absolute Gasteiger partial charge is 0.264 e. The maximum Gasteiger partial charge on any atom is 0.264 e. The van der Waals surface area contributed by atoms with Gasteiger partial charge in [-0.1, -0.05) is 17.7 Å². The fourth-order valence-corrected chi connectivity index (χ4v) is 3.55. The van der Waals surface area contributed by atoms with Gasteiger partial charge in [-0.2, -0.15) is 4.98 Å². The molecule has 4 rings (SSSR count). The normalized spacial score (nSPS) is 11.3. The molecule has 4 aromatic rings. The van der Waals surface area contributed by atoms with Gasteiger partial charge in [-0.25, -0.2) is 0 Å². The summed E-state index contributed by atoms with van der Waals surface area (Å²) >= 11 is 6.07. The van der Waals surface area contributed by atoms with Gasteiger partial charge in [0.05, 0.1) is 12.3 Å². The van der Waals surface area contributed by atoms with Crippen molar-refractivity contribution in [2.45, 2.75) is 6.92 Å². The number of nitrogens with zero attached hydrogens (tertiary/aromatic N) is 3. The first kappa shape index (κ1) is 20.6. The monoisotopic (exact) mass is 432 g/mol. The molecule has 0 aliphatic heterocycles. The number of aromatic nitrogens is 2. The summed E-state index contributed by atoms with van der Waals surface area (Å²) in [5.41, 5.74) is 9.63. The van der Waals surface area contributed by atoms with Crippen LogP contribution in [0.25, 0.3) is 27.8 Å². The van der Waals surface area contributed by atoms with Crippen molar-refractivity contribution < 1.29 is 4.74 Å². The summed E-state index contributed by atoms with van der Waals surface area (Å²) in [6, 6.07) is 18.1. The van der Waals surface area contributed by atoms with Crippen LogP contribution in [-0.2, 0) is 0 Å². The van der Waals surface area contributed by atoms with E-state index in [1.54, 1.807) is 54.2 Å². The van der Waals surface area contributed by atoms with Crippen LogP contribution in [0, 0.1) is 0 Å². The number of ether oxygens (including phenoxy) is 1. The number of pyridine rings is 2. The highest BCUT2D eigenvalue weighted by Crippen LogP contribution is 2.26. The second-order valence-electron chi connectivity index (χ2n) is 6.90. The first-order valence-corrected chi connectivity index (χ1v) is 10.2. The second kappa shape index (κ2) is 8.62. The molecule has 0 unspecified atom stereocenters. The number of anilines is 1. The Bertz CT molecular complexity index is 1340. The summed E-state index contributed by atoms with van der Waals surface area (Å²) < 4.78 is 7.14. The molecule has 7 heteroatoms. The van der Waals surface area contributed by atoms with Crippen LogP contribution in [0.15, 0.2) is 70.5 Å². The summed E-state index contributed by atoms with van der Waals surface area (Å²) in [4.78, 5) is 22.3. The molecule has 0 bridgehead atoms. The molecule has 0 aliphatic carbocycles. The van der Waals surface area contributed by atoms with E-state index in [0.717, 1.165) is 16.5 Å². The van der Waals surface area contributed by atoms with E-state index >= 15 is 0 Å². The summed E-state index contributed by atoms with van der Waals surface area (Å²) in [7, 11) is 1.68. The minimum Gasteiger partial charge on any atom is -0.478 e. The minimum atomic E-state index is -0.208. The van der Waals surface area contributed by atoms with Crippen LogP contribution >= 0.6 is 11.6 Å². The topological polar surface area (TPSA) is 82.5 Å². The van der Waals surface area contributed by atoms with E-state index in [1.165, 1.54) is 0 Å². The van der Waals surface area contributed by atoms with E-state index in [0.29, 0.717) is 40.1 Å². The number of nitrogens with two attached hydrogens (primary N) is 1. The Morgan fingerprint density at radius 3 is 2.61 bits per heavy atom. The average Bonchev–Trinajstić information content (AvgIpc) is 2.76. The zero-order valence-corrected chi connectivity index (χ0v) is 17.9. The third-order valence-electron chi connectivity index (χ3n) is 4.87. The number of nitrogen functional groups attached to an aromatic ring is 1. The summed E-state index contributed by atoms with van der Waals surface area (Å²) in [5.74, 6) is 0.457. The standard InChI is InChI=1S/C24H21ClN4O2/c1-3-31-22-11-5-16-13-20(15-4-10-21(26)17(12-15)14-27-2)24(30)29(23(16)28-22)19-8-6-18(25)7-9-19/h4-14H,3,26H2,1-2H3. The van der Waals surface area contributed by atoms with Crippen molar-refractivity contribution in [3.05, 3.63) is 81.6 Å². The predicted molar refractivity (Wildman–Crippen MR) is 127 cm³/mol. The predicted octanol–water partition coefficient (Wildman–Crippen LogP) is 4.74. The van der Waals surface area contributed by atoms with Gasteiger partial charge in [0.25, 0.3) is 5.56 Å². The number of hydrogen-bond acceptors (Lipinski definition) is 5. The molecular weight excluding hydrogens is 412 g/mol. The van der Waals surface area contributed by atoms with Crippen molar-refractivity contribution in [1.82, 2.24) is 9.55 Å². The SMILES string of the molecule is CCOc1ccc2cc(-c3ccc(N)c(C=NC)c3)c(=O)n(-c3ccc(Cl)cc3)c2n1. The van der Waals surface area contributed by atoms with E-state index in [9.17, 15) is 4.79 Å². The van der Waals surface area contributed by atoms with E-state index in [4.69, 9.17) is 22.1 Å². The van der Waals surface area contributed by atoms with Crippen molar-refractivity contribution in [3.63, 3.8) is 0 Å². The quantitative estimate of drug-likeness (QED) is 0.365. The first-order chi connectivity index (χ1) is 15.0. The van der Waals surface area contributed by atoms with Gasteiger partial charge in [0.2, 0.25) is 5.88 Å². The Morgan fingerprint density at radius 1 is 1.13 bits per heavy atom. The molecule has 0 radical (unpaired) electrons. The minimum absolute atomic E-state index is 0.208.